The molecule has 0 spiro atoms. The SMILES string of the molecule is O=C(O)C(OB(O)OC(C(=O)O)c1ccccc1)c1ccccc1. The zero-order valence-electron chi connectivity index (χ0n) is 12.5. The predicted octanol–water partition coefficient (Wildman–Crippen LogP) is 1.65. The summed E-state index contributed by atoms with van der Waals surface area (Å²) in [5, 5.41) is 28.3. The van der Waals surface area contributed by atoms with Gasteiger partial charge < -0.3 is 24.5 Å². The Morgan fingerprint density at radius 1 is 0.750 bits per heavy atom. The summed E-state index contributed by atoms with van der Waals surface area (Å²) in [4.78, 5) is 22.6. The van der Waals surface area contributed by atoms with E-state index in [9.17, 15) is 24.8 Å². The van der Waals surface area contributed by atoms with Crippen molar-refractivity contribution < 1.29 is 34.1 Å². The van der Waals surface area contributed by atoms with Crippen molar-refractivity contribution in [2.75, 3.05) is 0 Å². The summed E-state index contributed by atoms with van der Waals surface area (Å²) >= 11 is 0. The minimum absolute atomic E-state index is 0.291. The second-order valence-corrected chi connectivity index (χ2v) is 4.84. The molecule has 0 aliphatic heterocycles. The molecule has 0 radical (unpaired) electrons. The monoisotopic (exact) mass is 330 g/mol. The van der Waals surface area contributed by atoms with Gasteiger partial charge >= 0.3 is 19.3 Å². The molecule has 2 aromatic rings. The minimum atomic E-state index is -2.03. The van der Waals surface area contributed by atoms with Crippen LogP contribution in [0.2, 0.25) is 0 Å². The van der Waals surface area contributed by atoms with Crippen molar-refractivity contribution in [1.82, 2.24) is 0 Å². The van der Waals surface area contributed by atoms with Gasteiger partial charge in [0.25, 0.3) is 0 Å². The second-order valence-electron chi connectivity index (χ2n) is 4.84. The average Bonchev–Trinajstić information content (AvgIpc) is 2.58. The number of benzene rings is 2. The summed E-state index contributed by atoms with van der Waals surface area (Å²) < 4.78 is 9.94. The maximum atomic E-state index is 11.3. The molecule has 2 atom stereocenters. The Bertz CT molecular complexity index is 618. The fourth-order valence-electron chi connectivity index (χ4n) is 2.08. The Morgan fingerprint density at radius 2 is 1.08 bits per heavy atom. The number of rotatable bonds is 8. The van der Waals surface area contributed by atoms with Crippen LogP contribution in [0.5, 0.6) is 0 Å². The normalized spacial score (nSPS) is 13.0. The summed E-state index contributed by atoms with van der Waals surface area (Å²) in [6, 6.07) is 15.9. The van der Waals surface area contributed by atoms with E-state index in [4.69, 9.17) is 9.31 Å². The van der Waals surface area contributed by atoms with E-state index in [0.717, 1.165) is 0 Å². The van der Waals surface area contributed by atoms with Crippen LogP contribution in [0.25, 0.3) is 0 Å². The lowest BCUT2D eigenvalue weighted by atomic mass is 10.1. The molecule has 2 rings (SSSR count). The van der Waals surface area contributed by atoms with Gasteiger partial charge in [-0.15, -0.1) is 0 Å². The predicted molar refractivity (Wildman–Crippen MR) is 83.8 cm³/mol. The molecule has 0 saturated carbocycles. The van der Waals surface area contributed by atoms with E-state index >= 15 is 0 Å². The van der Waals surface area contributed by atoms with Crippen LogP contribution in [0.4, 0.5) is 0 Å². The number of aliphatic carboxylic acids is 2. The molecule has 8 heteroatoms. The molecule has 0 bridgehead atoms. The molecule has 2 aromatic carbocycles. The Balaban J connectivity index is 2.11. The van der Waals surface area contributed by atoms with Gasteiger partial charge in [0.2, 0.25) is 0 Å². The number of carboxylic acid groups (broad SMARTS) is 2. The third kappa shape index (κ3) is 4.66. The van der Waals surface area contributed by atoms with Crippen molar-refractivity contribution in [2.45, 2.75) is 12.2 Å². The molecule has 3 N–H and O–H groups in total. The smallest absolute Gasteiger partial charge is 0.479 e. The molecule has 7 nitrogen and oxygen atoms in total. The maximum absolute atomic E-state index is 11.3. The molecule has 124 valence electrons. The fraction of sp³-hybridized carbons (Fsp3) is 0.125. The van der Waals surface area contributed by atoms with Crippen molar-refractivity contribution in [3.63, 3.8) is 0 Å². The van der Waals surface area contributed by atoms with E-state index < -0.39 is 31.5 Å². The van der Waals surface area contributed by atoms with E-state index in [2.05, 4.69) is 0 Å². The Labute approximate surface area is 138 Å². The third-order valence-electron chi connectivity index (χ3n) is 3.16. The first kappa shape index (κ1) is 17.7. The molecule has 0 heterocycles. The van der Waals surface area contributed by atoms with Gasteiger partial charge in [-0.1, -0.05) is 60.7 Å². The van der Waals surface area contributed by atoms with Gasteiger partial charge in [0.1, 0.15) is 0 Å². The zero-order valence-corrected chi connectivity index (χ0v) is 12.5. The van der Waals surface area contributed by atoms with Gasteiger partial charge in [-0.2, -0.15) is 0 Å². The summed E-state index contributed by atoms with van der Waals surface area (Å²) in [7, 11) is -2.03. The van der Waals surface area contributed by atoms with Gasteiger partial charge in [-0.3, -0.25) is 0 Å². The van der Waals surface area contributed by atoms with Crippen LogP contribution in [0, 0.1) is 0 Å². The van der Waals surface area contributed by atoms with Crippen LogP contribution < -0.4 is 0 Å². The largest absolute Gasteiger partial charge is 0.638 e. The van der Waals surface area contributed by atoms with E-state index in [1.165, 1.54) is 24.3 Å². The molecule has 2 unspecified atom stereocenters. The van der Waals surface area contributed by atoms with Crippen molar-refractivity contribution in [3.05, 3.63) is 71.8 Å². The third-order valence-corrected chi connectivity index (χ3v) is 3.16. The highest BCUT2D eigenvalue weighted by Gasteiger charge is 2.33. The zero-order chi connectivity index (χ0) is 17.5. The molecular formula is C16H15BO7. The molecule has 0 aliphatic carbocycles. The van der Waals surface area contributed by atoms with Crippen molar-refractivity contribution in [1.29, 1.82) is 0 Å². The van der Waals surface area contributed by atoms with Crippen LogP contribution in [0.3, 0.4) is 0 Å². The maximum Gasteiger partial charge on any atom is 0.638 e. The quantitative estimate of drug-likeness (QED) is 0.631. The van der Waals surface area contributed by atoms with Crippen molar-refractivity contribution in [3.8, 4) is 0 Å². The number of carboxylic acids is 2. The minimum Gasteiger partial charge on any atom is -0.479 e. The molecule has 0 fully saturated rings. The second kappa shape index (κ2) is 8.25. The number of hydrogen-bond acceptors (Lipinski definition) is 5. The van der Waals surface area contributed by atoms with Gasteiger partial charge in [-0.25, -0.2) is 9.59 Å². The lowest BCUT2D eigenvalue weighted by molar-refractivity contribution is -0.150. The van der Waals surface area contributed by atoms with Crippen LogP contribution in [0.15, 0.2) is 60.7 Å². The van der Waals surface area contributed by atoms with E-state index in [0.29, 0.717) is 11.1 Å². The highest BCUT2D eigenvalue weighted by atomic mass is 16.7. The van der Waals surface area contributed by atoms with Gasteiger partial charge in [0, 0.05) is 0 Å². The van der Waals surface area contributed by atoms with Gasteiger partial charge in [0.15, 0.2) is 12.2 Å². The lowest BCUT2D eigenvalue weighted by Gasteiger charge is -2.19. The Kier molecular flexibility index (Phi) is 6.08. The van der Waals surface area contributed by atoms with Crippen molar-refractivity contribution in [2.24, 2.45) is 0 Å². The number of carbonyl (C=O) groups is 2. The highest BCUT2D eigenvalue weighted by Crippen LogP contribution is 2.22. The fourth-order valence-corrected chi connectivity index (χ4v) is 2.08. The Morgan fingerprint density at radius 3 is 1.38 bits per heavy atom. The molecular weight excluding hydrogens is 315 g/mol. The van der Waals surface area contributed by atoms with Crippen LogP contribution in [0.1, 0.15) is 23.3 Å². The molecule has 24 heavy (non-hydrogen) atoms. The first-order valence-electron chi connectivity index (χ1n) is 7.03. The lowest BCUT2D eigenvalue weighted by Crippen LogP contribution is -2.32. The summed E-state index contributed by atoms with van der Waals surface area (Å²) in [6.45, 7) is 0. The summed E-state index contributed by atoms with van der Waals surface area (Å²) in [6.07, 6.45) is -2.99. The molecule has 0 saturated heterocycles. The van der Waals surface area contributed by atoms with E-state index in [1.807, 2.05) is 0 Å². The first-order valence-corrected chi connectivity index (χ1v) is 7.03. The molecule has 0 aromatic heterocycles. The molecule has 0 aliphatic rings. The van der Waals surface area contributed by atoms with Crippen LogP contribution in [-0.2, 0) is 18.9 Å². The summed E-state index contributed by atoms with van der Waals surface area (Å²) in [5.41, 5.74) is 0.582. The van der Waals surface area contributed by atoms with E-state index in [-0.39, 0.29) is 0 Å². The van der Waals surface area contributed by atoms with Crippen LogP contribution in [-0.4, -0.2) is 34.5 Å². The highest BCUT2D eigenvalue weighted by molar-refractivity contribution is 6.35. The van der Waals surface area contributed by atoms with Crippen molar-refractivity contribution >= 4 is 19.3 Å². The van der Waals surface area contributed by atoms with Crippen LogP contribution >= 0.6 is 0 Å². The standard InChI is InChI=1S/C16H15BO7/c18-15(19)13(11-7-3-1-4-8-11)23-17(22)24-14(16(20)21)12-9-5-2-6-10-12/h1-10,13-14,22H,(H,18,19)(H,20,21). The summed E-state index contributed by atoms with van der Waals surface area (Å²) in [5.74, 6) is -2.68. The van der Waals surface area contributed by atoms with E-state index in [1.54, 1.807) is 36.4 Å². The topological polar surface area (TPSA) is 113 Å². The number of hydrogen-bond donors (Lipinski definition) is 3. The van der Waals surface area contributed by atoms with Gasteiger partial charge in [0.05, 0.1) is 0 Å². The average molecular weight is 330 g/mol. The first-order chi connectivity index (χ1) is 11.5. The van der Waals surface area contributed by atoms with Gasteiger partial charge in [-0.05, 0) is 11.1 Å². The Hall–Kier alpha value is -2.68. The molecule has 0 amide bonds.